The molecule has 0 aliphatic carbocycles. The van der Waals surface area contributed by atoms with Crippen molar-refractivity contribution in [2.75, 3.05) is 26.2 Å². The lowest BCUT2D eigenvalue weighted by Gasteiger charge is -2.32. The molecule has 1 saturated heterocycles. The van der Waals surface area contributed by atoms with Gasteiger partial charge in [0.05, 0.1) is 5.69 Å². The second-order valence-electron chi connectivity index (χ2n) is 5.20. The molecule has 1 fully saturated rings. The average molecular weight is 321 g/mol. The van der Waals surface area contributed by atoms with E-state index in [-0.39, 0.29) is 5.82 Å². The lowest BCUT2D eigenvalue weighted by molar-refractivity contribution is 0.102. The summed E-state index contributed by atoms with van der Waals surface area (Å²) in [7, 11) is 0. The molecule has 5 nitrogen and oxygen atoms in total. The highest BCUT2D eigenvalue weighted by Gasteiger charge is 2.20. The van der Waals surface area contributed by atoms with E-state index < -0.39 is 6.09 Å². The van der Waals surface area contributed by atoms with E-state index in [0.29, 0.717) is 19.6 Å². The third kappa shape index (κ3) is 3.42. The molecule has 0 radical (unpaired) electrons. The number of nitrogens with zero attached hydrogens (tertiary/aromatic N) is 3. The van der Waals surface area contributed by atoms with Crippen molar-refractivity contribution in [3.8, 4) is 10.6 Å². The minimum Gasteiger partial charge on any atom is -0.465 e. The number of rotatable bonds is 3. The number of hydrogen-bond acceptors (Lipinski definition) is 4. The molecule has 2 heterocycles. The Balaban J connectivity index is 1.60. The fourth-order valence-corrected chi connectivity index (χ4v) is 3.25. The quantitative estimate of drug-likeness (QED) is 0.944. The maximum atomic E-state index is 12.9. The molecule has 1 aliphatic rings. The summed E-state index contributed by atoms with van der Waals surface area (Å²) in [5.41, 5.74) is 1.88. The molecule has 22 heavy (non-hydrogen) atoms. The standard InChI is InChI=1S/C15H16FN3O2S/c16-12-3-1-11(2-4-12)14-17-13(10-22-14)9-18-5-7-19(8-6-18)15(20)21/h1-4,10H,5-9H2,(H,20,21). The van der Waals surface area contributed by atoms with Gasteiger partial charge in [-0.3, -0.25) is 4.90 Å². The third-order valence-electron chi connectivity index (χ3n) is 3.67. The first-order valence-corrected chi connectivity index (χ1v) is 7.90. The fourth-order valence-electron chi connectivity index (χ4n) is 2.43. The van der Waals surface area contributed by atoms with Crippen molar-refractivity contribution < 1.29 is 14.3 Å². The van der Waals surface area contributed by atoms with Gasteiger partial charge in [-0.2, -0.15) is 0 Å². The summed E-state index contributed by atoms with van der Waals surface area (Å²) in [6, 6.07) is 6.32. The monoisotopic (exact) mass is 321 g/mol. The summed E-state index contributed by atoms with van der Waals surface area (Å²) in [5.74, 6) is -0.253. The Hall–Kier alpha value is -1.99. The van der Waals surface area contributed by atoms with Crippen molar-refractivity contribution in [1.29, 1.82) is 0 Å². The van der Waals surface area contributed by atoms with E-state index in [1.54, 1.807) is 12.1 Å². The number of carbonyl (C=O) groups is 1. The van der Waals surface area contributed by atoms with Crippen molar-refractivity contribution in [3.63, 3.8) is 0 Å². The maximum absolute atomic E-state index is 12.9. The van der Waals surface area contributed by atoms with Crippen LogP contribution in [0.3, 0.4) is 0 Å². The zero-order chi connectivity index (χ0) is 15.5. The lowest BCUT2D eigenvalue weighted by atomic mass is 10.2. The smallest absolute Gasteiger partial charge is 0.407 e. The zero-order valence-corrected chi connectivity index (χ0v) is 12.7. The van der Waals surface area contributed by atoms with Crippen LogP contribution in [0.15, 0.2) is 29.6 Å². The van der Waals surface area contributed by atoms with Crippen LogP contribution >= 0.6 is 11.3 Å². The van der Waals surface area contributed by atoms with Gasteiger partial charge in [-0.05, 0) is 24.3 Å². The molecular formula is C15H16FN3O2S. The van der Waals surface area contributed by atoms with Crippen LogP contribution in [0.5, 0.6) is 0 Å². The van der Waals surface area contributed by atoms with Gasteiger partial charge in [-0.1, -0.05) is 0 Å². The van der Waals surface area contributed by atoms with Crippen LogP contribution in [-0.2, 0) is 6.54 Å². The van der Waals surface area contributed by atoms with Crippen LogP contribution in [-0.4, -0.2) is 52.2 Å². The Labute approximate surface area is 131 Å². The summed E-state index contributed by atoms with van der Waals surface area (Å²) in [5, 5.41) is 11.8. The molecular weight excluding hydrogens is 305 g/mol. The first kappa shape index (κ1) is 14.9. The number of aromatic nitrogens is 1. The van der Waals surface area contributed by atoms with Crippen LogP contribution in [0.4, 0.5) is 9.18 Å². The van der Waals surface area contributed by atoms with Crippen LogP contribution < -0.4 is 0 Å². The predicted octanol–water partition coefficient (Wildman–Crippen LogP) is 2.74. The number of amides is 1. The summed E-state index contributed by atoms with van der Waals surface area (Å²) in [4.78, 5) is 19.1. The number of benzene rings is 1. The number of carboxylic acid groups (broad SMARTS) is 1. The normalized spacial score (nSPS) is 16.0. The highest BCUT2D eigenvalue weighted by molar-refractivity contribution is 7.13. The van der Waals surface area contributed by atoms with Gasteiger partial charge >= 0.3 is 6.09 Å². The largest absolute Gasteiger partial charge is 0.465 e. The third-order valence-corrected chi connectivity index (χ3v) is 4.61. The number of hydrogen-bond donors (Lipinski definition) is 1. The van der Waals surface area contributed by atoms with E-state index in [2.05, 4.69) is 9.88 Å². The molecule has 3 rings (SSSR count). The molecule has 1 N–H and O–H groups in total. The summed E-state index contributed by atoms with van der Waals surface area (Å²) in [6.07, 6.45) is -0.855. The van der Waals surface area contributed by atoms with Crippen LogP contribution in [0.1, 0.15) is 5.69 Å². The van der Waals surface area contributed by atoms with Gasteiger partial charge in [0.15, 0.2) is 0 Å². The number of halogens is 1. The van der Waals surface area contributed by atoms with Gasteiger partial charge in [0.1, 0.15) is 10.8 Å². The fraction of sp³-hybridized carbons (Fsp3) is 0.333. The number of piperazine rings is 1. The van der Waals surface area contributed by atoms with Gasteiger partial charge < -0.3 is 10.0 Å². The molecule has 0 unspecified atom stereocenters. The van der Waals surface area contributed by atoms with E-state index in [1.165, 1.54) is 28.4 Å². The molecule has 116 valence electrons. The Morgan fingerprint density at radius 3 is 2.55 bits per heavy atom. The van der Waals surface area contributed by atoms with Crippen molar-refractivity contribution >= 4 is 17.4 Å². The number of thiazole rings is 1. The summed E-state index contributed by atoms with van der Waals surface area (Å²) >= 11 is 1.54. The van der Waals surface area contributed by atoms with Crippen molar-refractivity contribution in [1.82, 2.24) is 14.8 Å². The molecule has 2 aromatic rings. The van der Waals surface area contributed by atoms with Crippen molar-refractivity contribution in [2.45, 2.75) is 6.54 Å². The lowest BCUT2D eigenvalue weighted by Crippen LogP contribution is -2.47. The Kier molecular flexibility index (Phi) is 4.35. The van der Waals surface area contributed by atoms with Gasteiger partial charge in [-0.25, -0.2) is 14.2 Å². The van der Waals surface area contributed by atoms with E-state index in [4.69, 9.17) is 5.11 Å². The molecule has 0 bridgehead atoms. The molecule has 0 atom stereocenters. The van der Waals surface area contributed by atoms with Gasteiger partial charge in [-0.15, -0.1) is 11.3 Å². The Morgan fingerprint density at radius 1 is 1.23 bits per heavy atom. The molecule has 1 aliphatic heterocycles. The van der Waals surface area contributed by atoms with Gasteiger partial charge in [0.25, 0.3) is 0 Å². The molecule has 1 amide bonds. The minimum atomic E-state index is -0.855. The Bertz CT molecular complexity index is 651. The van der Waals surface area contributed by atoms with Crippen molar-refractivity contribution in [3.05, 3.63) is 41.2 Å². The summed E-state index contributed by atoms with van der Waals surface area (Å²) in [6.45, 7) is 3.21. The van der Waals surface area contributed by atoms with Crippen LogP contribution in [0.2, 0.25) is 0 Å². The van der Waals surface area contributed by atoms with Gasteiger partial charge in [0, 0.05) is 43.7 Å². The molecule has 1 aromatic heterocycles. The molecule has 1 aromatic carbocycles. The SMILES string of the molecule is O=C(O)N1CCN(Cc2csc(-c3ccc(F)cc3)n2)CC1. The highest BCUT2D eigenvalue weighted by Crippen LogP contribution is 2.24. The predicted molar refractivity (Wildman–Crippen MR) is 82.4 cm³/mol. The topological polar surface area (TPSA) is 56.7 Å². The van der Waals surface area contributed by atoms with E-state index in [9.17, 15) is 9.18 Å². The molecule has 0 saturated carbocycles. The van der Waals surface area contributed by atoms with Crippen molar-refractivity contribution in [2.24, 2.45) is 0 Å². The van der Waals surface area contributed by atoms with Gasteiger partial charge in [0.2, 0.25) is 0 Å². The maximum Gasteiger partial charge on any atom is 0.407 e. The first-order valence-electron chi connectivity index (χ1n) is 7.02. The second-order valence-corrected chi connectivity index (χ2v) is 6.05. The second kappa shape index (κ2) is 6.41. The van der Waals surface area contributed by atoms with Crippen LogP contribution in [0, 0.1) is 5.82 Å². The molecule has 0 spiro atoms. The first-order chi connectivity index (χ1) is 10.6. The van der Waals surface area contributed by atoms with E-state index >= 15 is 0 Å². The minimum absolute atomic E-state index is 0.253. The zero-order valence-electron chi connectivity index (χ0n) is 11.9. The van der Waals surface area contributed by atoms with Crippen LogP contribution in [0.25, 0.3) is 10.6 Å². The van der Waals surface area contributed by atoms with E-state index in [1.807, 2.05) is 5.38 Å². The summed E-state index contributed by atoms with van der Waals surface area (Å²) < 4.78 is 12.9. The molecule has 7 heteroatoms. The average Bonchev–Trinajstić information content (AvgIpc) is 2.97. The van der Waals surface area contributed by atoms with E-state index in [0.717, 1.165) is 29.4 Å². The Morgan fingerprint density at radius 2 is 1.91 bits per heavy atom. The highest BCUT2D eigenvalue weighted by atomic mass is 32.1.